The first-order valence-corrected chi connectivity index (χ1v) is 10.9. The van der Waals surface area contributed by atoms with Gasteiger partial charge in [0.25, 0.3) is 0 Å². The number of fused-ring (bicyclic) bond motifs is 2. The predicted octanol–water partition coefficient (Wildman–Crippen LogP) is 4.76. The van der Waals surface area contributed by atoms with E-state index >= 15 is 0 Å². The number of aliphatic hydroxyl groups excluding tert-OH is 1. The summed E-state index contributed by atoms with van der Waals surface area (Å²) in [6, 6.07) is 10.0. The maximum atomic E-state index is 13.3. The van der Waals surface area contributed by atoms with Crippen LogP contribution in [0.2, 0.25) is 0 Å². The average molecular weight is 429 g/mol. The standard InChI is InChI=1S/C21H17FN2O3S2/c22-13-1-4-18-16(8-13)24-20(29-18)11-26-14-2-3-17-15(9-14)21(25)12(10-27-17)7-19-23-5-6-28-19/h1-6,8-9,12,21,25H,7,10-11H2/t12-,21+/m0/s1. The van der Waals surface area contributed by atoms with Crippen molar-refractivity contribution in [3.63, 3.8) is 0 Å². The molecule has 0 bridgehead atoms. The number of aromatic nitrogens is 2. The van der Waals surface area contributed by atoms with Gasteiger partial charge in [0.15, 0.2) is 0 Å². The van der Waals surface area contributed by atoms with Gasteiger partial charge in [-0.1, -0.05) is 0 Å². The first-order valence-electron chi connectivity index (χ1n) is 9.16. The van der Waals surface area contributed by atoms with Crippen LogP contribution in [-0.2, 0) is 13.0 Å². The molecule has 1 aliphatic heterocycles. The number of rotatable bonds is 5. The number of benzene rings is 2. The summed E-state index contributed by atoms with van der Waals surface area (Å²) in [6.45, 7) is 0.732. The average Bonchev–Trinajstić information content (AvgIpc) is 3.38. The van der Waals surface area contributed by atoms with E-state index in [2.05, 4.69) is 9.97 Å². The number of hydrogen-bond donors (Lipinski definition) is 1. The molecule has 29 heavy (non-hydrogen) atoms. The van der Waals surface area contributed by atoms with Gasteiger partial charge in [0.1, 0.15) is 28.9 Å². The molecule has 1 aliphatic rings. The van der Waals surface area contributed by atoms with Gasteiger partial charge in [0.2, 0.25) is 0 Å². The minimum absolute atomic E-state index is 0.0527. The molecule has 3 heterocycles. The van der Waals surface area contributed by atoms with Gasteiger partial charge in [-0.05, 0) is 30.3 Å². The SMILES string of the molecule is O[C@H]1c2cc(OCc3nc4cc(F)ccc4s3)ccc2OC[C@@H]1Cc1nccs1. The van der Waals surface area contributed by atoms with Crippen LogP contribution < -0.4 is 9.47 Å². The van der Waals surface area contributed by atoms with E-state index in [4.69, 9.17) is 9.47 Å². The fourth-order valence-electron chi connectivity index (χ4n) is 3.42. The molecule has 0 saturated carbocycles. The van der Waals surface area contributed by atoms with Crippen LogP contribution in [0.25, 0.3) is 10.2 Å². The summed E-state index contributed by atoms with van der Waals surface area (Å²) < 4.78 is 26.0. The van der Waals surface area contributed by atoms with E-state index in [-0.39, 0.29) is 18.3 Å². The van der Waals surface area contributed by atoms with Crippen molar-refractivity contribution in [3.8, 4) is 11.5 Å². The number of nitrogens with zero attached hydrogens (tertiary/aromatic N) is 2. The number of thiazole rings is 2. The van der Waals surface area contributed by atoms with Crippen molar-refractivity contribution < 1.29 is 19.0 Å². The molecule has 0 radical (unpaired) electrons. The molecule has 5 nitrogen and oxygen atoms in total. The lowest BCUT2D eigenvalue weighted by Crippen LogP contribution is -2.27. The molecule has 4 aromatic rings. The molecule has 0 saturated heterocycles. The van der Waals surface area contributed by atoms with Crippen molar-refractivity contribution in [1.29, 1.82) is 0 Å². The molecule has 0 unspecified atom stereocenters. The summed E-state index contributed by atoms with van der Waals surface area (Å²) in [5.41, 5.74) is 1.36. The van der Waals surface area contributed by atoms with Crippen molar-refractivity contribution in [2.75, 3.05) is 6.61 Å². The van der Waals surface area contributed by atoms with Gasteiger partial charge in [-0.2, -0.15) is 0 Å². The molecule has 2 atom stereocenters. The molecular weight excluding hydrogens is 411 g/mol. The number of aliphatic hydroxyl groups is 1. The van der Waals surface area contributed by atoms with Crippen molar-refractivity contribution in [3.05, 3.63) is 69.4 Å². The third-order valence-electron chi connectivity index (χ3n) is 4.88. The lowest BCUT2D eigenvalue weighted by atomic mass is 9.91. The molecular formula is C21H17FN2O3S2. The Balaban J connectivity index is 1.31. The minimum atomic E-state index is -0.642. The van der Waals surface area contributed by atoms with Crippen molar-refractivity contribution in [2.24, 2.45) is 5.92 Å². The van der Waals surface area contributed by atoms with Crippen LogP contribution in [0.4, 0.5) is 4.39 Å². The predicted molar refractivity (Wildman–Crippen MR) is 110 cm³/mol. The van der Waals surface area contributed by atoms with Gasteiger partial charge < -0.3 is 14.6 Å². The highest BCUT2D eigenvalue weighted by Gasteiger charge is 2.30. The maximum absolute atomic E-state index is 13.3. The van der Waals surface area contributed by atoms with E-state index in [1.54, 1.807) is 23.6 Å². The minimum Gasteiger partial charge on any atom is -0.493 e. The Kier molecular flexibility index (Phi) is 4.91. The lowest BCUT2D eigenvalue weighted by Gasteiger charge is -2.30. The van der Waals surface area contributed by atoms with Gasteiger partial charge in [-0.25, -0.2) is 14.4 Å². The molecule has 5 rings (SSSR count). The molecule has 2 aromatic heterocycles. The van der Waals surface area contributed by atoms with Crippen LogP contribution in [0.15, 0.2) is 48.0 Å². The van der Waals surface area contributed by atoms with Crippen LogP contribution in [0, 0.1) is 11.7 Å². The van der Waals surface area contributed by atoms with E-state index in [1.807, 2.05) is 23.6 Å². The highest BCUT2D eigenvalue weighted by Crippen LogP contribution is 2.39. The Morgan fingerprint density at radius 2 is 2.14 bits per heavy atom. The topological polar surface area (TPSA) is 64.5 Å². The van der Waals surface area contributed by atoms with E-state index in [1.165, 1.54) is 23.5 Å². The second kappa shape index (κ2) is 7.70. The third kappa shape index (κ3) is 3.83. The van der Waals surface area contributed by atoms with Crippen molar-refractivity contribution >= 4 is 32.9 Å². The fourth-order valence-corrected chi connectivity index (χ4v) is 5.00. The van der Waals surface area contributed by atoms with Gasteiger partial charge in [-0.3, -0.25) is 0 Å². The molecule has 0 amide bonds. The van der Waals surface area contributed by atoms with E-state index in [0.29, 0.717) is 30.0 Å². The summed E-state index contributed by atoms with van der Waals surface area (Å²) >= 11 is 3.05. The van der Waals surface area contributed by atoms with Gasteiger partial charge in [0, 0.05) is 35.5 Å². The monoisotopic (exact) mass is 428 g/mol. The Labute approximate surface area is 174 Å². The summed E-state index contributed by atoms with van der Waals surface area (Å²) in [6.07, 6.45) is 1.80. The molecule has 148 valence electrons. The van der Waals surface area contributed by atoms with Gasteiger partial charge in [-0.15, -0.1) is 22.7 Å². The van der Waals surface area contributed by atoms with Gasteiger partial charge >= 0.3 is 0 Å². The lowest BCUT2D eigenvalue weighted by molar-refractivity contribution is 0.0504. The van der Waals surface area contributed by atoms with E-state index < -0.39 is 6.10 Å². The first kappa shape index (κ1) is 18.5. The second-order valence-corrected chi connectivity index (χ2v) is 8.95. The van der Waals surface area contributed by atoms with Crippen molar-refractivity contribution in [1.82, 2.24) is 9.97 Å². The Hall–Kier alpha value is -2.55. The number of ether oxygens (including phenoxy) is 2. The number of halogens is 1. The Bertz CT molecular complexity index is 1150. The number of hydrogen-bond acceptors (Lipinski definition) is 7. The normalized spacial score (nSPS) is 18.4. The van der Waals surface area contributed by atoms with Crippen molar-refractivity contribution in [2.45, 2.75) is 19.1 Å². The summed E-state index contributed by atoms with van der Waals surface area (Å²) in [7, 11) is 0. The zero-order valence-corrected chi connectivity index (χ0v) is 16.9. The smallest absolute Gasteiger partial charge is 0.140 e. The third-order valence-corrected chi connectivity index (χ3v) is 6.69. The van der Waals surface area contributed by atoms with Gasteiger partial charge in [0.05, 0.1) is 27.9 Å². The quantitative estimate of drug-likeness (QED) is 0.497. The molecule has 1 N–H and O–H groups in total. The van der Waals surface area contributed by atoms with E-state index in [0.717, 1.165) is 20.3 Å². The zero-order valence-electron chi connectivity index (χ0n) is 15.2. The van der Waals surface area contributed by atoms with Crippen LogP contribution in [0.3, 0.4) is 0 Å². The van der Waals surface area contributed by atoms with Crippen LogP contribution in [0.1, 0.15) is 21.7 Å². The largest absolute Gasteiger partial charge is 0.493 e. The zero-order chi connectivity index (χ0) is 19.8. The highest BCUT2D eigenvalue weighted by molar-refractivity contribution is 7.18. The Morgan fingerprint density at radius 1 is 1.21 bits per heavy atom. The van der Waals surface area contributed by atoms with Crippen LogP contribution in [-0.4, -0.2) is 21.7 Å². The highest BCUT2D eigenvalue weighted by atomic mass is 32.1. The fraction of sp³-hybridized carbons (Fsp3) is 0.238. The molecule has 0 spiro atoms. The van der Waals surface area contributed by atoms with Crippen LogP contribution in [0.5, 0.6) is 11.5 Å². The summed E-state index contributed by atoms with van der Waals surface area (Å²) in [5.74, 6) is 0.955. The summed E-state index contributed by atoms with van der Waals surface area (Å²) in [5, 5.41) is 14.5. The van der Waals surface area contributed by atoms with Crippen LogP contribution >= 0.6 is 22.7 Å². The van der Waals surface area contributed by atoms with E-state index in [9.17, 15) is 9.50 Å². The molecule has 8 heteroatoms. The second-order valence-electron chi connectivity index (χ2n) is 6.85. The first-order chi connectivity index (χ1) is 14.2. The maximum Gasteiger partial charge on any atom is 0.140 e. The molecule has 0 fully saturated rings. The summed E-state index contributed by atoms with van der Waals surface area (Å²) in [4.78, 5) is 8.72. The molecule has 2 aromatic carbocycles. The Morgan fingerprint density at radius 3 is 3.00 bits per heavy atom. The molecule has 0 aliphatic carbocycles.